The van der Waals surface area contributed by atoms with E-state index in [2.05, 4.69) is 5.32 Å². The van der Waals surface area contributed by atoms with Crippen molar-refractivity contribution in [2.75, 3.05) is 12.4 Å². The molecule has 8 nitrogen and oxygen atoms in total. The molecule has 0 radical (unpaired) electrons. The Labute approximate surface area is 133 Å². The molecule has 0 spiro atoms. The summed E-state index contributed by atoms with van der Waals surface area (Å²) in [7, 11) is 1.36. The number of likely N-dealkylation sites (N-methyl/N-ethyl adjacent to an activating group) is 1. The molecule has 0 aliphatic heterocycles. The zero-order chi connectivity index (χ0) is 17.4. The van der Waals surface area contributed by atoms with E-state index in [-0.39, 0.29) is 17.3 Å². The maximum atomic E-state index is 12.4. The maximum Gasteiger partial charge on any atom is 0.329 e. The topological polar surface area (TPSA) is 113 Å². The summed E-state index contributed by atoms with van der Waals surface area (Å²) in [6.45, 7) is 2.79. The lowest BCUT2D eigenvalue weighted by Gasteiger charge is -2.31. The zero-order valence-electron chi connectivity index (χ0n) is 13.2. The second-order valence-corrected chi connectivity index (χ2v) is 6.14. The molecular formula is C15H19N3O5. The first-order chi connectivity index (χ1) is 10.6. The molecule has 1 aromatic rings. The van der Waals surface area contributed by atoms with Crippen molar-refractivity contribution in [2.24, 2.45) is 0 Å². The summed E-state index contributed by atoms with van der Waals surface area (Å²) in [6, 6.07) is 4.38. The van der Waals surface area contributed by atoms with Gasteiger partial charge in [-0.05, 0) is 38.8 Å². The van der Waals surface area contributed by atoms with E-state index in [0.29, 0.717) is 5.69 Å². The van der Waals surface area contributed by atoms with Crippen LogP contribution in [0, 0.1) is 10.1 Å². The van der Waals surface area contributed by atoms with Crippen LogP contribution >= 0.6 is 0 Å². The smallest absolute Gasteiger partial charge is 0.329 e. The van der Waals surface area contributed by atoms with Crippen LogP contribution in [0.4, 0.5) is 11.4 Å². The summed E-state index contributed by atoms with van der Waals surface area (Å²) in [5.74, 6) is -1.74. The predicted octanol–water partition coefficient (Wildman–Crippen LogP) is 2.10. The molecular weight excluding hydrogens is 302 g/mol. The molecule has 0 aromatic heterocycles. The number of amides is 1. The number of nitrogens with zero attached hydrogens (tertiary/aromatic N) is 2. The number of carbonyl (C=O) groups excluding carboxylic acids is 1. The van der Waals surface area contributed by atoms with Gasteiger partial charge in [-0.25, -0.2) is 4.79 Å². The van der Waals surface area contributed by atoms with Crippen molar-refractivity contribution in [1.29, 1.82) is 0 Å². The molecule has 1 aliphatic carbocycles. The predicted molar refractivity (Wildman–Crippen MR) is 83.5 cm³/mol. The van der Waals surface area contributed by atoms with Crippen LogP contribution in [0.5, 0.6) is 0 Å². The van der Waals surface area contributed by atoms with Gasteiger partial charge in [0.2, 0.25) is 0 Å². The van der Waals surface area contributed by atoms with Crippen molar-refractivity contribution in [3.63, 3.8) is 0 Å². The second kappa shape index (κ2) is 5.86. The first-order valence-electron chi connectivity index (χ1n) is 7.21. The van der Waals surface area contributed by atoms with E-state index in [1.807, 2.05) is 0 Å². The average Bonchev–Trinajstić information content (AvgIpc) is 3.29. The second-order valence-electron chi connectivity index (χ2n) is 6.14. The molecule has 1 aromatic carbocycles. The molecule has 2 N–H and O–H groups in total. The highest BCUT2D eigenvalue weighted by molar-refractivity contribution is 5.98. The Kier molecular flexibility index (Phi) is 4.26. The molecule has 0 heterocycles. The third-order valence-electron chi connectivity index (χ3n) is 4.04. The first-order valence-corrected chi connectivity index (χ1v) is 7.21. The van der Waals surface area contributed by atoms with E-state index in [0.717, 1.165) is 17.7 Å². The van der Waals surface area contributed by atoms with Crippen LogP contribution in [0.1, 0.15) is 37.0 Å². The van der Waals surface area contributed by atoms with Crippen LogP contribution in [0.3, 0.4) is 0 Å². The Bertz CT molecular complexity index is 667. The number of hydrogen-bond donors (Lipinski definition) is 2. The summed E-state index contributed by atoms with van der Waals surface area (Å²) < 4.78 is 0. The average molecular weight is 321 g/mol. The van der Waals surface area contributed by atoms with Crippen molar-refractivity contribution in [1.82, 2.24) is 4.90 Å². The molecule has 0 atom stereocenters. The molecule has 1 amide bonds. The molecule has 23 heavy (non-hydrogen) atoms. The Morgan fingerprint density at radius 2 is 2.00 bits per heavy atom. The number of hydrogen-bond acceptors (Lipinski definition) is 5. The van der Waals surface area contributed by atoms with Gasteiger partial charge in [0, 0.05) is 24.7 Å². The quantitative estimate of drug-likeness (QED) is 0.613. The number of carbonyl (C=O) groups is 2. The van der Waals surface area contributed by atoms with Gasteiger partial charge < -0.3 is 15.3 Å². The van der Waals surface area contributed by atoms with E-state index in [9.17, 15) is 24.8 Å². The Morgan fingerprint density at radius 1 is 1.39 bits per heavy atom. The van der Waals surface area contributed by atoms with Gasteiger partial charge in [-0.1, -0.05) is 0 Å². The largest absolute Gasteiger partial charge is 0.480 e. The summed E-state index contributed by atoms with van der Waals surface area (Å²) in [5, 5.41) is 23.5. The van der Waals surface area contributed by atoms with Gasteiger partial charge in [-0.15, -0.1) is 0 Å². The molecule has 1 fully saturated rings. The van der Waals surface area contributed by atoms with Crippen LogP contribution in [0.2, 0.25) is 0 Å². The highest BCUT2D eigenvalue weighted by atomic mass is 16.6. The molecule has 0 bridgehead atoms. The molecule has 1 aliphatic rings. The third-order valence-corrected chi connectivity index (χ3v) is 4.04. The minimum Gasteiger partial charge on any atom is -0.480 e. The van der Waals surface area contributed by atoms with Crippen LogP contribution < -0.4 is 5.32 Å². The molecule has 1 saturated carbocycles. The van der Waals surface area contributed by atoms with Crippen LogP contribution in [-0.4, -0.2) is 45.4 Å². The number of nitro groups is 1. The van der Waals surface area contributed by atoms with Gasteiger partial charge in [0.05, 0.1) is 4.92 Å². The minimum atomic E-state index is -1.42. The van der Waals surface area contributed by atoms with Crippen molar-refractivity contribution >= 4 is 23.3 Å². The minimum absolute atomic E-state index is 0.0786. The van der Waals surface area contributed by atoms with Crippen LogP contribution in [0.25, 0.3) is 0 Å². The summed E-state index contributed by atoms with van der Waals surface area (Å²) in [5.41, 5.74) is -1.16. The van der Waals surface area contributed by atoms with Gasteiger partial charge >= 0.3 is 5.97 Å². The number of carboxylic acids is 1. The zero-order valence-corrected chi connectivity index (χ0v) is 13.2. The first kappa shape index (κ1) is 16.7. The van der Waals surface area contributed by atoms with E-state index >= 15 is 0 Å². The Hall–Kier alpha value is -2.64. The van der Waals surface area contributed by atoms with Crippen LogP contribution in [0.15, 0.2) is 18.2 Å². The normalized spacial score (nSPS) is 14.2. The lowest BCUT2D eigenvalue weighted by atomic mass is 10.0. The van der Waals surface area contributed by atoms with Gasteiger partial charge in [-0.2, -0.15) is 0 Å². The summed E-state index contributed by atoms with van der Waals surface area (Å²) in [6.07, 6.45) is 1.93. The van der Waals surface area contributed by atoms with Crippen molar-refractivity contribution in [2.45, 2.75) is 38.3 Å². The molecule has 0 unspecified atom stereocenters. The van der Waals surface area contributed by atoms with Crippen molar-refractivity contribution in [3.05, 3.63) is 33.9 Å². The molecule has 8 heteroatoms. The van der Waals surface area contributed by atoms with E-state index in [1.54, 1.807) is 0 Å². The fourth-order valence-electron chi connectivity index (χ4n) is 1.98. The standard InChI is InChI=1S/C15H19N3O5/c1-15(2,14(20)21)17(3)13(19)9-4-7-11(16-10-5-6-10)12(8-9)18(22)23/h4,7-8,10,16H,5-6H2,1-3H3,(H,20,21). The van der Waals surface area contributed by atoms with Gasteiger partial charge in [-0.3, -0.25) is 14.9 Å². The molecule has 2 rings (SSSR count). The van der Waals surface area contributed by atoms with Crippen molar-refractivity contribution in [3.8, 4) is 0 Å². The van der Waals surface area contributed by atoms with Gasteiger partial charge in [0.25, 0.3) is 11.6 Å². The lowest BCUT2D eigenvalue weighted by Crippen LogP contribution is -2.50. The number of nitrogens with one attached hydrogen (secondary N) is 1. The Balaban J connectivity index is 2.32. The number of anilines is 1. The third kappa shape index (κ3) is 3.41. The SMILES string of the molecule is CN(C(=O)c1ccc(NC2CC2)c([N+](=O)[O-])c1)C(C)(C)C(=O)O. The summed E-state index contributed by atoms with van der Waals surface area (Å²) in [4.78, 5) is 35.4. The number of aliphatic carboxylic acids is 1. The Morgan fingerprint density at radius 3 is 2.48 bits per heavy atom. The number of rotatable bonds is 6. The number of carboxylic acid groups (broad SMARTS) is 1. The van der Waals surface area contributed by atoms with Gasteiger partial charge in [0.1, 0.15) is 11.2 Å². The van der Waals surface area contributed by atoms with E-state index in [4.69, 9.17) is 0 Å². The lowest BCUT2D eigenvalue weighted by molar-refractivity contribution is -0.384. The maximum absolute atomic E-state index is 12.4. The van der Waals surface area contributed by atoms with Crippen molar-refractivity contribution < 1.29 is 19.6 Å². The van der Waals surface area contributed by atoms with Crippen LogP contribution in [-0.2, 0) is 4.79 Å². The number of benzene rings is 1. The highest BCUT2D eigenvalue weighted by Crippen LogP contribution is 2.32. The molecule has 0 saturated heterocycles. The monoisotopic (exact) mass is 321 g/mol. The van der Waals surface area contributed by atoms with Gasteiger partial charge in [0.15, 0.2) is 0 Å². The van der Waals surface area contributed by atoms with E-state index in [1.165, 1.54) is 39.1 Å². The number of nitro benzene ring substituents is 1. The fourth-order valence-corrected chi connectivity index (χ4v) is 1.98. The fraction of sp³-hybridized carbons (Fsp3) is 0.467. The van der Waals surface area contributed by atoms with E-state index < -0.39 is 22.3 Å². The highest BCUT2D eigenvalue weighted by Gasteiger charge is 2.36. The summed E-state index contributed by atoms with van der Waals surface area (Å²) >= 11 is 0. The molecule has 124 valence electrons.